The Kier molecular flexibility index (Phi) is 5.33. The zero-order valence-corrected chi connectivity index (χ0v) is 15.2. The van der Waals surface area contributed by atoms with E-state index >= 15 is 0 Å². The number of aromatic nitrogens is 1. The van der Waals surface area contributed by atoms with Crippen LogP contribution in [0.2, 0.25) is 0 Å². The predicted octanol–water partition coefficient (Wildman–Crippen LogP) is 0.619. The first kappa shape index (κ1) is 17.4. The standard InChI is InChI=1S/C18H21N3O3S/c1-3-20(4-2)16(22)12-24-14-7-5-13(6-8-14)11-15-17(23)21-10-9-19-18(21)25-15/h5-8,11H,3-4,9-10,12H2,1-2H3/b15-11+. The summed E-state index contributed by atoms with van der Waals surface area (Å²) in [5.74, 6) is 0.614. The Hall–Kier alpha value is -2.41. The van der Waals surface area contributed by atoms with Crippen molar-refractivity contribution in [3.63, 3.8) is 0 Å². The molecule has 1 aliphatic heterocycles. The number of likely N-dealkylation sites (N-methyl/N-ethyl adjacent to an activating group) is 1. The van der Waals surface area contributed by atoms with Gasteiger partial charge in [0.05, 0.1) is 11.1 Å². The molecule has 0 radical (unpaired) electrons. The number of rotatable bonds is 6. The molecule has 0 aliphatic carbocycles. The van der Waals surface area contributed by atoms with Crippen LogP contribution in [-0.4, -0.2) is 41.6 Å². The molecule has 1 aromatic heterocycles. The molecular formula is C18H21N3O3S. The number of fused-ring (bicyclic) bond motifs is 1. The minimum Gasteiger partial charge on any atom is -0.484 e. The molecule has 0 N–H and O–H groups in total. The Morgan fingerprint density at radius 3 is 2.68 bits per heavy atom. The smallest absolute Gasteiger partial charge is 0.270 e. The van der Waals surface area contributed by atoms with Crippen LogP contribution in [0.25, 0.3) is 6.08 Å². The summed E-state index contributed by atoms with van der Waals surface area (Å²) in [7, 11) is 0. The summed E-state index contributed by atoms with van der Waals surface area (Å²) in [6.45, 7) is 6.65. The van der Waals surface area contributed by atoms with Crippen LogP contribution in [-0.2, 0) is 11.3 Å². The van der Waals surface area contributed by atoms with Gasteiger partial charge in [0.2, 0.25) is 0 Å². The molecule has 0 fully saturated rings. The summed E-state index contributed by atoms with van der Waals surface area (Å²) in [5, 5.41) is 0. The zero-order chi connectivity index (χ0) is 17.8. The first-order valence-electron chi connectivity index (χ1n) is 8.39. The van der Waals surface area contributed by atoms with Gasteiger partial charge in [0.25, 0.3) is 11.5 Å². The molecule has 0 atom stereocenters. The minimum atomic E-state index is -0.0227. The summed E-state index contributed by atoms with van der Waals surface area (Å²) in [5.41, 5.74) is 0.937. The normalized spacial score (nSPS) is 13.4. The number of carbonyl (C=O) groups excluding carboxylic acids is 1. The van der Waals surface area contributed by atoms with Gasteiger partial charge in [-0.05, 0) is 37.6 Å². The molecule has 132 valence electrons. The van der Waals surface area contributed by atoms with Crippen LogP contribution >= 0.6 is 11.3 Å². The van der Waals surface area contributed by atoms with E-state index in [0.29, 0.717) is 36.5 Å². The van der Waals surface area contributed by atoms with Gasteiger partial charge >= 0.3 is 0 Å². The van der Waals surface area contributed by atoms with E-state index in [1.165, 1.54) is 11.3 Å². The fraction of sp³-hybridized carbons (Fsp3) is 0.389. The Morgan fingerprint density at radius 1 is 1.32 bits per heavy atom. The molecule has 0 saturated heterocycles. The van der Waals surface area contributed by atoms with E-state index in [0.717, 1.165) is 10.4 Å². The van der Waals surface area contributed by atoms with Gasteiger partial charge in [0.15, 0.2) is 11.4 Å². The summed E-state index contributed by atoms with van der Waals surface area (Å²) >= 11 is 1.42. The summed E-state index contributed by atoms with van der Waals surface area (Å²) in [4.78, 5) is 31.0. The number of thiazole rings is 1. The van der Waals surface area contributed by atoms with Gasteiger partial charge in [0.1, 0.15) is 5.75 Å². The summed E-state index contributed by atoms with van der Waals surface area (Å²) < 4.78 is 7.95. The van der Waals surface area contributed by atoms with E-state index in [1.807, 2.05) is 44.2 Å². The minimum absolute atomic E-state index is 0.0198. The van der Waals surface area contributed by atoms with Crippen LogP contribution in [0.3, 0.4) is 0 Å². The van der Waals surface area contributed by atoms with E-state index < -0.39 is 0 Å². The zero-order valence-electron chi connectivity index (χ0n) is 14.4. The fourth-order valence-electron chi connectivity index (χ4n) is 2.69. The van der Waals surface area contributed by atoms with Crippen molar-refractivity contribution in [2.24, 2.45) is 4.99 Å². The van der Waals surface area contributed by atoms with Crippen LogP contribution in [0.5, 0.6) is 5.75 Å². The van der Waals surface area contributed by atoms with Gasteiger partial charge < -0.3 is 9.64 Å². The van der Waals surface area contributed by atoms with Crippen LogP contribution in [0.4, 0.5) is 0 Å². The van der Waals surface area contributed by atoms with E-state index in [4.69, 9.17) is 4.74 Å². The molecule has 2 aromatic rings. The molecular weight excluding hydrogens is 338 g/mol. The second kappa shape index (κ2) is 7.65. The first-order valence-corrected chi connectivity index (χ1v) is 9.20. The van der Waals surface area contributed by atoms with Gasteiger partial charge in [-0.2, -0.15) is 0 Å². The molecule has 1 aromatic carbocycles. The number of carbonyl (C=O) groups is 1. The van der Waals surface area contributed by atoms with Crippen molar-refractivity contribution in [3.8, 4) is 5.75 Å². The average Bonchev–Trinajstić information content (AvgIpc) is 3.19. The van der Waals surface area contributed by atoms with Crippen molar-refractivity contribution in [1.29, 1.82) is 0 Å². The lowest BCUT2D eigenvalue weighted by Gasteiger charge is -2.18. The van der Waals surface area contributed by atoms with E-state index in [9.17, 15) is 9.59 Å². The Balaban J connectivity index is 1.70. The highest BCUT2D eigenvalue weighted by Gasteiger charge is 2.11. The quantitative estimate of drug-likeness (QED) is 0.760. The monoisotopic (exact) mass is 359 g/mol. The van der Waals surface area contributed by atoms with E-state index in [1.54, 1.807) is 9.47 Å². The number of hydrogen-bond donors (Lipinski definition) is 0. The average molecular weight is 359 g/mol. The topological polar surface area (TPSA) is 63.9 Å². The SMILES string of the molecule is CCN(CC)C(=O)COc1ccc(/C=c2/sc3n(c2=O)CCN=3)cc1. The summed E-state index contributed by atoms with van der Waals surface area (Å²) in [6.07, 6.45) is 1.86. The fourth-order valence-corrected chi connectivity index (χ4v) is 3.72. The third-order valence-corrected chi connectivity index (χ3v) is 5.16. The lowest BCUT2D eigenvalue weighted by atomic mass is 10.2. The molecule has 0 bridgehead atoms. The summed E-state index contributed by atoms with van der Waals surface area (Å²) in [6, 6.07) is 7.38. The highest BCUT2D eigenvalue weighted by Crippen LogP contribution is 2.12. The van der Waals surface area contributed by atoms with Crippen LogP contribution in [0.15, 0.2) is 34.1 Å². The number of amides is 1. The van der Waals surface area contributed by atoms with Crippen molar-refractivity contribution >= 4 is 23.3 Å². The lowest BCUT2D eigenvalue weighted by molar-refractivity contribution is -0.132. The molecule has 0 saturated carbocycles. The van der Waals surface area contributed by atoms with Crippen molar-refractivity contribution < 1.29 is 9.53 Å². The number of hydrogen-bond acceptors (Lipinski definition) is 5. The Morgan fingerprint density at radius 2 is 2.04 bits per heavy atom. The number of ether oxygens (including phenoxy) is 1. The van der Waals surface area contributed by atoms with Gasteiger partial charge in [-0.15, -0.1) is 0 Å². The Bertz CT molecular complexity index is 924. The van der Waals surface area contributed by atoms with Crippen LogP contribution in [0, 0.1) is 0 Å². The molecule has 6 nitrogen and oxygen atoms in total. The third-order valence-electron chi connectivity index (χ3n) is 4.12. The number of nitrogens with zero attached hydrogens (tertiary/aromatic N) is 3. The van der Waals surface area contributed by atoms with Crippen molar-refractivity contribution in [1.82, 2.24) is 9.47 Å². The maximum Gasteiger partial charge on any atom is 0.270 e. The second-order valence-corrected chi connectivity index (χ2v) is 6.66. The van der Waals surface area contributed by atoms with Crippen LogP contribution in [0.1, 0.15) is 19.4 Å². The molecule has 7 heteroatoms. The number of benzene rings is 1. The van der Waals surface area contributed by atoms with Gasteiger partial charge in [-0.1, -0.05) is 23.5 Å². The molecule has 0 unspecified atom stereocenters. The largest absolute Gasteiger partial charge is 0.484 e. The molecule has 0 spiro atoms. The molecule has 25 heavy (non-hydrogen) atoms. The first-order chi connectivity index (χ1) is 12.1. The molecule has 2 heterocycles. The third kappa shape index (κ3) is 3.82. The molecule has 3 rings (SSSR count). The maximum atomic E-state index is 12.2. The highest BCUT2D eigenvalue weighted by atomic mass is 32.1. The van der Waals surface area contributed by atoms with Crippen molar-refractivity contribution in [3.05, 3.63) is 49.5 Å². The van der Waals surface area contributed by atoms with Gasteiger partial charge in [-0.25, -0.2) is 0 Å². The molecule has 1 amide bonds. The van der Waals surface area contributed by atoms with Crippen molar-refractivity contribution in [2.45, 2.75) is 20.4 Å². The van der Waals surface area contributed by atoms with Gasteiger partial charge in [0, 0.05) is 19.6 Å². The van der Waals surface area contributed by atoms with Gasteiger partial charge in [-0.3, -0.25) is 19.1 Å². The Labute approximate surface area is 149 Å². The molecule has 1 aliphatic rings. The highest BCUT2D eigenvalue weighted by molar-refractivity contribution is 7.07. The van der Waals surface area contributed by atoms with E-state index in [-0.39, 0.29) is 18.1 Å². The predicted molar refractivity (Wildman–Crippen MR) is 97.7 cm³/mol. The maximum absolute atomic E-state index is 12.2. The van der Waals surface area contributed by atoms with Crippen LogP contribution < -0.4 is 19.6 Å². The lowest BCUT2D eigenvalue weighted by Crippen LogP contribution is -2.34. The van der Waals surface area contributed by atoms with E-state index in [2.05, 4.69) is 4.99 Å². The van der Waals surface area contributed by atoms with Crippen molar-refractivity contribution in [2.75, 3.05) is 26.2 Å². The second-order valence-electron chi connectivity index (χ2n) is 5.66.